The molecule has 1 heterocycles. The third-order valence-electron chi connectivity index (χ3n) is 3.71. The average molecular weight is 322 g/mol. The summed E-state index contributed by atoms with van der Waals surface area (Å²) in [5, 5.41) is 0. The van der Waals surface area contributed by atoms with Crippen molar-refractivity contribution in [2.45, 2.75) is 44.9 Å². The molecule has 2 aromatic rings. The zero-order chi connectivity index (χ0) is 16.5. The highest BCUT2D eigenvalue weighted by molar-refractivity contribution is 7.90. The molecule has 1 aromatic heterocycles. The van der Waals surface area contributed by atoms with Gasteiger partial charge in [0.05, 0.1) is 7.11 Å². The van der Waals surface area contributed by atoms with Gasteiger partial charge in [0.15, 0.2) is 0 Å². The maximum atomic E-state index is 13.0. The topological polar surface area (TPSA) is 61.2 Å². The van der Waals surface area contributed by atoms with Gasteiger partial charge >= 0.3 is 0 Å². The van der Waals surface area contributed by atoms with Gasteiger partial charge in [-0.2, -0.15) is 0 Å². The van der Waals surface area contributed by atoms with Gasteiger partial charge in [0.25, 0.3) is 10.0 Å². The van der Waals surface area contributed by atoms with E-state index in [4.69, 9.17) is 4.74 Å². The van der Waals surface area contributed by atoms with Crippen molar-refractivity contribution in [3.8, 4) is 5.75 Å². The van der Waals surface area contributed by atoms with Crippen LogP contribution in [0.2, 0.25) is 0 Å². The van der Waals surface area contributed by atoms with Crippen LogP contribution in [0.4, 0.5) is 0 Å². The summed E-state index contributed by atoms with van der Waals surface area (Å²) >= 11 is 0. The molecule has 120 valence electrons. The smallest absolute Gasteiger partial charge is 0.272 e. The molecule has 0 unspecified atom stereocenters. The van der Waals surface area contributed by atoms with E-state index < -0.39 is 10.0 Å². The second kappa shape index (κ2) is 6.12. The maximum Gasteiger partial charge on any atom is 0.272 e. The van der Waals surface area contributed by atoms with Crippen LogP contribution < -0.4 is 4.74 Å². The van der Waals surface area contributed by atoms with Crippen LogP contribution in [0, 0.1) is 6.92 Å². The summed E-state index contributed by atoms with van der Waals surface area (Å²) in [6.45, 7) is 7.92. The minimum Gasteiger partial charge on any atom is -0.495 e. The predicted octanol–water partition coefficient (Wildman–Crippen LogP) is 3.12. The normalized spacial score (nSPS) is 11.9. The molecule has 0 aliphatic heterocycles. The Morgan fingerprint density at radius 2 is 2.00 bits per heavy atom. The molecule has 0 amide bonds. The first-order valence-electron chi connectivity index (χ1n) is 7.29. The summed E-state index contributed by atoms with van der Waals surface area (Å²) in [5.41, 5.74) is 2.02. The summed E-state index contributed by atoms with van der Waals surface area (Å²) in [6, 6.07) is 3.50. The Morgan fingerprint density at radius 3 is 2.55 bits per heavy atom. The number of benzene rings is 1. The van der Waals surface area contributed by atoms with E-state index >= 15 is 0 Å². The Morgan fingerprint density at radius 1 is 1.32 bits per heavy atom. The Bertz CT molecular complexity index is 777. The lowest BCUT2D eigenvalue weighted by Crippen LogP contribution is -2.16. The maximum absolute atomic E-state index is 13.0. The number of aryl methyl sites for hydroxylation is 2. The minimum atomic E-state index is -3.72. The van der Waals surface area contributed by atoms with E-state index in [0.717, 1.165) is 11.1 Å². The lowest BCUT2D eigenvalue weighted by molar-refractivity contribution is 0.401. The zero-order valence-electron chi connectivity index (χ0n) is 13.6. The Labute approximate surface area is 132 Å². The van der Waals surface area contributed by atoms with Crippen molar-refractivity contribution in [1.82, 2.24) is 8.96 Å². The second-order valence-corrected chi connectivity index (χ2v) is 7.30. The molecule has 0 radical (unpaired) electrons. The van der Waals surface area contributed by atoms with E-state index in [1.807, 2.05) is 27.7 Å². The summed E-state index contributed by atoms with van der Waals surface area (Å²) in [6.07, 6.45) is 3.51. The predicted molar refractivity (Wildman–Crippen MR) is 86.0 cm³/mol. The molecule has 0 bridgehead atoms. The highest BCUT2D eigenvalue weighted by atomic mass is 32.2. The highest BCUT2D eigenvalue weighted by Gasteiger charge is 2.25. The number of hydrogen-bond acceptors (Lipinski definition) is 4. The highest BCUT2D eigenvalue weighted by Crippen LogP contribution is 2.32. The van der Waals surface area contributed by atoms with Crippen molar-refractivity contribution in [3.05, 3.63) is 41.5 Å². The van der Waals surface area contributed by atoms with Crippen LogP contribution >= 0.6 is 0 Å². The number of rotatable bonds is 5. The number of nitrogens with zero attached hydrogens (tertiary/aromatic N) is 2. The van der Waals surface area contributed by atoms with Gasteiger partial charge in [0, 0.05) is 18.8 Å². The number of methoxy groups -OCH3 is 1. The summed E-state index contributed by atoms with van der Waals surface area (Å²) in [7, 11) is -2.24. The monoisotopic (exact) mass is 322 g/mol. The molecule has 22 heavy (non-hydrogen) atoms. The third-order valence-corrected chi connectivity index (χ3v) is 5.43. The Balaban J connectivity index is 2.72. The molecule has 0 N–H and O–H groups in total. The van der Waals surface area contributed by atoms with Gasteiger partial charge in [0.2, 0.25) is 0 Å². The van der Waals surface area contributed by atoms with Gasteiger partial charge in [-0.15, -0.1) is 0 Å². The molecule has 0 aliphatic carbocycles. The molecule has 1 aromatic carbocycles. The van der Waals surface area contributed by atoms with Crippen LogP contribution in [-0.4, -0.2) is 24.5 Å². The van der Waals surface area contributed by atoms with Crippen LogP contribution in [0.3, 0.4) is 0 Å². The van der Waals surface area contributed by atoms with Gasteiger partial charge in [-0.3, -0.25) is 0 Å². The lowest BCUT2D eigenvalue weighted by atomic mass is 9.98. The van der Waals surface area contributed by atoms with Crippen LogP contribution in [0.5, 0.6) is 5.75 Å². The van der Waals surface area contributed by atoms with E-state index in [9.17, 15) is 8.42 Å². The quantitative estimate of drug-likeness (QED) is 0.848. The SMILES string of the molecule is CCc1nccn1S(=O)(=O)c1cc(C(C)C)c(C)cc1OC. The molecule has 0 saturated carbocycles. The molecule has 0 fully saturated rings. The van der Waals surface area contributed by atoms with Crippen molar-refractivity contribution in [2.24, 2.45) is 0 Å². The van der Waals surface area contributed by atoms with Gasteiger partial charge in [-0.25, -0.2) is 17.4 Å². The van der Waals surface area contributed by atoms with Gasteiger partial charge in [-0.1, -0.05) is 20.8 Å². The number of imidazole rings is 1. The summed E-state index contributed by atoms with van der Waals surface area (Å²) in [4.78, 5) is 4.28. The van der Waals surface area contributed by atoms with Gasteiger partial charge in [0.1, 0.15) is 16.5 Å². The fraction of sp³-hybridized carbons (Fsp3) is 0.438. The van der Waals surface area contributed by atoms with E-state index in [1.54, 1.807) is 12.1 Å². The molecule has 0 atom stereocenters. The van der Waals surface area contributed by atoms with E-state index in [0.29, 0.717) is 18.0 Å². The number of hydrogen-bond donors (Lipinski definition) is 0. The third kappa shape index (κ3) is 2.75. The second-order valence-electron chi connectivity index (χ2n) is 5.51. The number of ether oxygens (including phenoxy) is 1. The number of aromatic nitrogens is 2. The Kier molecular flexibility index (Phi) is 4.60. The van der Waals surface area contributed by atoms with E-state index in [2.05, 4.69) is 4.98 Å². The molecule has 0 spiro atoms. The first kappa shape index (κ1) is 16.5. The molecule has 0 aliphatic rings. The van der Waals surface area contributed by atoms with Crippen LogP contribution in [0.15, 0.2) is 29.4 Å². The first-order chi connectivity index (χ1) is 10.3. The fourth-order valence-corrected chi connectivity index (χ4v) is 4.11. The average Bonchev–Trinajstić information content (AvgIpc) is 2.95. The molecule has 6 heteroatoms. The molecule has 2 rings (SSSR count). The largest absolute Gasteiger partial charge is 0.495 e. The first-order valence-corrected chi connectivity index (χ1v) is 8.73. The van der Waals surface area contributed by atoms with Crippen molar-refractivity contribution in [1.29, 1.82) is 0 Å². The van der Waals surface area contributed by atoms with Crippen molar-refractivity contribution in [2.75, 3.05) is 7.11 Å². The van der Waals surface area contributed by atoms with E-state index in [-0.39, 0.29) is 10.8 Å². The molecular formula is C16H22N2O3S. The minimum absolute atomic E-state index is 0.178. The van der Waals surface area contributed by atoms with E-state index in [1.165, 1.54) is 23.5 Å². The summed E-state index contributed by atoms with van der Waals surface area (Å²) in [5.74, 6) is 1.10. The van der Waals surface area contributed by atoms with Crippen LogP contribution in [0.1, 0.15) is 43.6 Å². The van der Waals surface area contributed by atoms with Crippen LogP contribution in [-0.2, 0) is 16.4 Å². The van der Waals surface area contributed by atoms with Crippen molar-refractivity contribution < 1.29 is 13.2 Å². The zero-order valence-corrected chi connectivity index (χ0v) is 14.4. The Hall–Kier alpha value is -1.82. The fourth-order valence-electron chi connectivity index (χ4n) is 2.56. The van der Waals surface area contributed by atoms with Crippen molar-refractivity contribution >= 4 is 10.0 Å². The standard InChI is InChI=1S/C16H22N2O3S/c1-6-16-17-7-8-18(16)22(19,20)15-10-13(11(2)3)12(4)9-14(15)21-5/h7-11H,6H2,1-5H3. The van der Waals surface area contributed by atoms with Crippen LogP contribution in [0.25, 0.3) is 0 Å². The molecule has 5 nitrogen and oxygen atoms in total. The van der Waals surface area contributed by atoms with Gasteiger partial charge < -0.3 is 4.74 Å². The molecule has 0 saturated heterocycles. The lowest BCUT2D eigenvalue weighted by Gasteiger charge is -2.17. The van der Waals surface area contributed by atoms with Gasteiger partial charge in [-0.05, 0) is 36.1 Å². The van der Waals surface area contributed by atoms with Crippen molar-refractivity contribution in [3.63, 3.8) is 0 Å². The summed E-state index contributed by atoms with van der Waals surface area (Å²) < 4.78 is 32.5. The molecular weight excluding hydrogens is 300 g/mol.